The van der Waals surface area contributed by atoms with Crippen molar-refractivity contribution in [3.8, 4) is 0 Å². The molecule has 0 aliphatic heterocycles. The topological polar surface area (TPSA) is 169 Å². The summed E-state index contributed by atoms with van der Waals surface area (Å²) in [7, 11) is -4.73. The first-order valence-electron chi connectivity index (χ1n) is 15.5. The molecule has 0 saturated heterocycles. The number of rotatable bonds is 28. The van der Waals surface area contributed by atoms with Crippen molar-refractivity contribution < 1.29 is 47.8 Å². The van der Waals surface area contributed by atoms with Crippen LogP contribution < -0.4 is 5.32 Å². The lowest BCUT2D eigenvalue weighted by molar-refractivity contribution is -0.147. The Balaban J connectivity index is 3.97. The van der Waals surface area contributed by atoms with Crippen molar-refractivity contribution in [3.63, 3.8) is 0 Å². The molecule has 248 valence electrons. The lowest BCUT2D eigenvalue weighted by Crippen LogP contribution is -2.43. The first-order valence-corrected chi connectivity index (χ1v) is 17.0. The standard InChI is InChI=1S/C31H54NO10P/c1-3-5-7-9-10-11-12-13-14-15-16-17-18-19-21-23-30(35)40-24-27(33)25-41-43(38,39)42-26-28(31(36)37)32-29(34)22-20-8-6-4-2/h5,7,10-11,13-14,27-28,33H,3-4,6,8-9,12,15-26H2,1-2H3,(H,32,34)(H,36,37)(H,38,39)/b7-5-,11-10-,14-13-. The molecular formula is C31H54NO10P. The fraction of sp³-hybridized carbons (Fsp3) is 0.710. The van der Waals surface area contributed by atoms with Gasteiger partial charge in [0, 0.05) is 12.8 Å². The molecule has 0 aromatic heterocycles. The Kier molecular flexibility index (Phi) is 25.8. The first kappa shape index (κ1) is 40.7. The Morgan fingerprint density at radius 2 is 1.35 bits per heavy atom. The van der Waals surface area contributed by atoms with Gasteiger partial charge in [0.1, 0.15) is 12.7 Å². The van der Waals surface area contributed by atoms with Gasteiger partial charge in [-0.25, -0.2) is 9.36 Å². The van der Waals surface area contributed by atoms with Gasteiger partial charge in [-0.1, -0.05) is 88.8 Å². The van der Waals surface area contributed by atoms with E-state index in [1.165, 1.54) is 0 Å². The number of allylic oxidation sites excluding steroid dienone is 6. The highest BCUT2D eigenvalue weighted by atomic mass is 31.2. The van der Waals surface area contributed by atoms with Crippen LogP contribution in [0.2, 0.25) is 0 Å². The maximum Gasteiger partial charge on any atom is 0.472 e. The fourth-order valence-electron chi connectivity index (χ4n) is 3.74. The SMILES string of the molecule is CC/C=C\C/C=C\C/C=C\CCCCCCCC(=O)OCC(O)COP(=O)(O)OCC(NC(=O)CCCCCC)C(=O)O. The van der Waals surface area contributed by atoms with Crippen LogP contribution in [0.15, 0.2) is 36.5 Å². The molecule has 0 aromatic rings. The Morgan fingerprint density at radius 1 is 0.767 bits per heavy atom. The Morgan fingerprint density at radius 3 is 2.02 bits per heavy atom. The van der Waals surface area contributed by atoms with Gasteiger partial charge >= 0.3 is 19.8 Å². The average molecular weight is 632 g/mol. The monoisotopic (exact) mass is 631 g/mol. The zero-order valence-electron chi connectivity index (χ0n) is 26.0. The molecule has 0 aromatic carbocycles. The number of hydrogen-bond donors (Lipinski definition) is 4. The van der Waals surface area contributed by atoms with E-state index in [9.17, 15) is 34.1 Å². The summed E-state index contributed by atoms with van der Waals surface area (Å²) in [5.41, 5.74) is 0. The van der Waals surface area contributed by atoms with E-state index in [0.717, 1.165) is 70.6 Å². The summed E-state index contributed by atoms with van der Waals surface area (Å²) in [6.07, 6.45) is 24.2. The van der Waals surface area contributed by atoms with Gasteiger partial charge in [-0.05, 0) is 44.9 Å². The van der Waals surface area contributed by atoms with Crippen LogP contribution in [-0.4, -0.2) is 64.9 Å². The Bertz CT molecular complexity index is 890. The number of aliphatic hydroxyl groups excluding tert-OH is 1. The summed E-state index contributed by atoms with van der Waals surface area (Å²) in [6, 6.07) is -1.54. The number of aliphatic hydroxyl groups is 1. The number of carbonyl (C=O) groups excluding carboxylic acids is 2. The van der Waals surface area contributed by atoms with Crippen LogP contribution in [0.3, 0.4) is 0 Å². The lowest BCUT2D eigenvalue weighted by atomic mass is 10.1. The maximum atomic E-state index is 12.1. The summed E-state index contributed by atoms with van der Waals surface area (Å²) in [4.78, 5) is 45.0. The van der Waals surface area contributed by atoms with Crippen molar-refractivity contribution in [1.29, 1.82) is 0 Å². The summed E-state index contributed by atoms with van der Waals surface area (Å²) >= 11 is 0. The van der Waals surface area contributed by atoms with Crippen LogP contribution in [0.4, 0.5) is 0 Å². The summed E-state index contributed by atoms with van der Waals surface area (Å²) in [6.45, 7) is 2.24. The average Bonchev–Trinajstić information content (AvgIpc) is 2.97. The minimum Gasteiger partial charge on any atom is -0.480 e. The number of carboxylic acid groups (broad SMARTS) is 1. The highest BCUT2D eigenvalue weighted by Gasteiger charge is 2.28. The maximum absolute atomic E-state index is 12.1. The normalized spacial score (nSPS) is 14.7. The Labute approximate surface area is 257 Å². The molecule has 12 heteroatoms. The molecule has 0 rings (SSSR count). The second kappa shape index (κ2) is 27.3. The van der Waals surface area contributed by atoms with Crippen LogP contribution in [0, 0.1) is 0 Å². The number of nitrogens with one attached hydrogen (secondary N) is 1. The first-order chi connectivity index (χ1) is 20.6. The molecule has 0 heterocycles. The molecular weight excluding hydrogens is 577 g/mol. The third-order valence-corrected chi connectivity index (χ3v) is 7.14. The van der Waals surface area contributed by atoms with Crippen molar-refractivity contribution in [2.75, 3.05) is 19.8 Å². The van der Waals surface area contributed by atoms with Gasteiger partial charge in [-0.15, -0.1) is 0 Å². The molecule has 3 unspecified atom stereocenters. The number of ether oxygens (including phenoxy) is 1. The molecule has 0 saturated carbocycles. The van der Waals surface area contributed by atoms with E-state index in [4.69, 9.17) is 4.74 Å². The Hall–Kier alpha value is -2.30. The molecule has 0 radical (unpaired) electrons. The van der Waals surface area contributed by atoms with Crippen molar-refractivity contribution in [2.45, 2.75) is 122 Å². The van der Waals surface area contributed by atoms with Gasteiger partial charge in [-0.2, -0.15) is 0 Å². The van der Waals surface area contributed by atoms with Gasteiger partial charge < -0.3 is 25.2 Å². The van der Waals surface area contributed by atoms with Crippen LogP contribution in [0.1, 0.15) is 110 Å². The van der Waals surface area contributed by atoms with E-state index in [0.29, 0.717) is 12.8 Å². The fourth-order valence-corrected chi connectivity index (χ4v) is 4.51. The number of carbonyl (C=O) groups is 3. The number of aliphatic carboxylic acids is 1. The molecule has 0 aliphatic carbocycles. The molecule has 0 bridgehead atoms. The zero-order chi connectivity index (χ0) is 32.2. The number of esters is 1. The number of phosphoric ester groups is 1. The molecule has 0 spiro atoms. The highest BCUT2D eigenvalue weighted by Crippen LogP contribution is 2.43. The smallest absolute Gasteiger partial charge is 0.472 e. The number of unbranched alkanes of at least 4 members (excludes halogenated alkanes) is 8. The molecule has 1 amide bonds. The van der Waals surface area contributed by atoms with Crippen LogP contribution in [-0.2, 0) is 32.7 Å². The third-order valence-electron chi connectivity index (χ3n) is 6.19. The molecule has 43 heavy (non-hydrogen) atoms. The van der Waals surface area contributed by atoms with Crippen LogP contribution in [0.25, 0.3) is 0 Å². The predicted molar refractivity (Wildman–Crippen MR) is 166 cm³/mol. The van der Waals surface area contributed by atoms with E-state index >= 15 is 0 Å². The molecule has 11 nitrogen and oxygen atoms in total. The quantitative estimate of drug-likeness (QED) is 0.0340. The van der Waals surface area contributed by atoms with E-state index in [1.54, 1.807) is 0 Å². The van der Waals surface area contributed by atoms with E-state index in [2.05, 4.69) is 57.7 Å². The van der Waals surface area contributed by atoms with Gasteiger partial charge in [-0.3, -0.25) is 18.6 Å². The molecule has 0 fully saturated rings. The van der Waals surface area contributed by atoms with E-state index in [-0.39, 0.29) is 12.8 Å². The zero-order valence-corrected chi connectivity index (χ0v) is 26.9. The van der Waals surface area contributed by atoms with Crippen LogP contribution >= 0.6 is 7.82 Å². The largest absolute Gasteiger partial charge is 0.480 e. The highest BCUT2D eigenvalue weighted by molar-refractivity contribution is 7.47. The number of amides is 1. The molecule has 4 N–H and O–H groups in total. The van der Waals surface area contributed by atoms with Crippen molar-refractivity contribution in [3.05, 3.63) is 36.5 Å². The summed E-state index contributed by atoms with van der Waals surface area (Å²) < 4.78 is 26.4. The molecule has 0 aliphatic rings. The van der Waals surface area contributed by atoms with Gasteiger partial charge in [0.05, 0.1) is 13.2 Å². The second-order valence-corrected chi connectivity index (χ2v) is 11.7. The van der Waals surface area contributed by atoms with Crippen molar-refractivity contribution in [2.24, 2.45) is 0 Å². The van der Waals surface area contributed by atoms with Crippen molar-refractivity contribution >= 4 is 25.7 Å². The summed E-state index contributed by atoms with van der Waals surface area (Å²) in [5.74, 6) is -2.43. The van der Waals surface area contributed by atoms with Gasteiger partial charge in [0.15, 0.2) is 6.04 Å². The minimum atomic E-state index is -4.73. The van der Waals surface area contributed by atoms with Gasteiger partial charge in [0.25, 0.3) is 0 Å². The number of phosphoric acid groups is 1. The number of hydrogen-bond acceptors (Lipinski definition) is 8. The lowest BCUT2D eigenvalue weighted by Gasteiger charge is -2.18. The summed E-state index contributed by atoms with van der Waals surface area (Å²) in [5, 5.41) is 21.4. The number of carboxylic acids is 1. The van der Waals surface area contributed by atoms with E-state index in [1.807, 2.05) is 6.92 Å². The van der Waals surface area contributed by atoms with E-state index < -0.39 is 57.6 Å². The predicted octanol–water partition coefficient (Wildman–Crippen LogP) is 6.15. The third kappa shape index (κ3) is 27.0. The molecule has 3 atom stereocenters. The second-order valence-electron chi connectivity index (χ2n) is 10.3. The van der Waals surface area contributed by atoms with Crippen molar-refractivity contribution in [1.82, 2.24) is 5.32 Å². The van der Waals surface area contributed by atoms with Crippen LogP contribution in [0.5, 0.6) is 0 Å². The van der Waals surface area contributed by atoms with Gasteiger partial charge in [0.2, 0.25) is 5.91 Å². The minimum absolute atomic E-state index is 0.135.